The maximum atomic E-state index is 10.9. The Balaban J connectivity index is 3.09. The molecule has 6 heteroatoms. The topological polar surface area (TPSA) is 120 Å². The number of nitrogens with two attached hydrogens (primary N) is 2. The minimum absolute atomic E-state index is 0.0493. The van der Waals surface area contributed by atoms with E-state index in [9.17, 15) is 4.79 Å². The van der Waals surface area contributed by atoms with Gasteiger partial charge in [-0.15, -0.1) is 0 Å². The number of hydrogen-bond acceptors (Lipinski definition) is 5. The predicted molar refractivity (Wildman–Crippen MR) is 62.8 cm³/mol. The molecule has 0 aliphatic rings. The summed E-state index contributed by atoms with van der Waals surface area (Å²) >= 11 is 0. The molecule has 0 bridgehead atoms. The second-order valence-corrected chi connectivity index (χ2v) is 3.31. The highest BCUT2D eigenvalue weighted by Gasteiger charge is 2.11. The molecule has 4 N–H and O–H groups in total. The summed E-state index contributed by atoms with van der Waals surface area (Å²) < 4.78 is 0. The monoisotopic (exact) mass is 229 g/mol. The fraction of sp³-hybridized carbons (Fsp3) is 0.182. The van der Waals surface area contributed by atoms with E-state index >= 15 is 0 Å². The molecular formula is C11H11N5O. The first kappa shape index (κ1) is 12.3. The van der Waals surface area contributed by atoms with Crippen molar-refractivity contribution in [2.24, 2.45) is 5.73 Å². The van der Waals surface area contributed by atoms with Crippen LogP contribution in [0.1, 0.15) is 10.4 Å². The number of carbonyl (C=O) groups excluding carboxylic acids is 1. The van der Waals surface area contributed by atoms with Crippen molar-refractivity contribution < 1.29 is 4.79 Å². The molecule has 0 unspecified atom stereocenters. The van der Waals surface area contributed by atoms with Crippen LogP contribution in [-0.4, -0.2) is 19.0 Å². The molecule has 1 amide bonds. The molecule has 0 spiro atoms. The van der Waals surface area contributed by atoms with Crippen LogP contribution in [0.5, 0.6) is 0 Å². The van der Waals surface area contributed by atoms with Gasteiger partial charge >= 0.3 is 0 Å². The molecule has 0 radical (unpaired) electrons. The molecule has 0 aliphatic heterocycles. The second kappa shape index (κ2) is 5.38. The Morgan fingerprint density at radius 3 is 2.29 bits per heavy atom. The van der Waals surface area contributed by atoms with Crippen molar-refractivity contribution in [3.63, 3.8) is 0 Å². The van der Waals surface area contributed by atoms with Gasteiger partial charge in [0.2, 0.25) is 5.91 Å². The van der Waals surface area contributed by atoms with Gasteiger partial charge in [-0.3, -0.25) is 4.79 Å². The number of nitrogens with zero attached hydrogens (tertiary/aromatic N) is 3. The lowest BCUT2D eigenvalue weighted by atomic mass is 10.1. The van der Waals surface area contributed by atoms with Crippen LogP contribution in [0.2, 0.25) is 0 Å². The summed E-state index contributed by atoms with van der Waals surface area (Å²) in [6.45, 7) is 0.0986. The van der Waals surface area contributed by atoms with Gasteiger partial charge in [-0.2, -0.15) is 10.5 Å². The van der Waals surface area contributed by atoms with Crippen molar-refractivity contribution in [1.82, 2.24) is 0 Å². The molecular weight excluding hydrogens is 218 g/mol. The molecule has 86 valence electrons. The number of rotatable bonds is 4. The highest BCUT2D eigenvalue weighted by Crippen LogP contribution is 2.23. The number of carbonyl (C=O) groups is 1. The summed E-state index contributed by atoms with van der Waals surface area (Å²) in [5.41, 5.74) is 12.0. The first-order valence-electron chi connectivity index (χ1n) is 4.78. The Bertz CT molecular complexity index is 496. The average molecular weight is 229 g/mol. The molecule has 0 saturated carbocycles. The van der Waals surface area contributed by atoms with Gasteiger partial charge < -0.3 is 16.4 Å². The van der Waals surface area contributed by atoms with Gasteiger partial charge in [0.15, 0.2) is 0 Å². The predicted octanol–water partition coefficient (Wildman–Crippen LogP) is 0.221. The highest BCUT2D eigenvalue weighted by molar-refractivity contribution is 5.94. The molecule has 0 atom stereocenters. The Labute approximate surface area is 98.6 Å². The number of nitriles is 2. The van der Waals surface area contributed by atoms with Crippen molar-refractivity contribution in [2.75, 3.05) is 23.7 Å². The van der Waals surface area contributed by atoms with Gasteiger partial charge in [0.05, 0.1) is 23.5 Å². The Hall–Kier alpha value is -2.73. The van der Waals surface area contributed by atoms with E-state index in [4.69, 9.17) is 22.0 Å². The molecule has 6 nitrogen and oxygen atoms in total. The third-order valence-electron chi connectivity index (χ3n) is 2.18. The number of hydrogen-bond donors (Lipinski definition) is 2. The summed E-state index contributed by atoms with van der Waals surface area (Å²) in [4.78, 5) is 12.4. The molecule has 17 heavy (non-hydrogen) atoms. The minimum atomic E-state index is -0.574. The van der Waals surface area contributed by atoms with Crippen molar-refractivity contribution in [2.45, 2.75) is 0 Å². The molecule has 1 aromatic rings. The lowest BCUT2D eigenvalue weighted by Crippen LogP contribution is -2.25. The number of anilines is 2. The molecule has 0 heterocycles. The van der Waals surface area contributed by atoms with Crippen LogP contribution >= 0.6 is 0 Å². The molecule has 1 aromatic carbocycles. The fourth-order valence-corrected chi connectivity index (χ4v) is 1.39. The summed E-state index contributed by atoms with van der Waals surface area (Å²) in [6.07, 6.45) is 0. The molecule has 0 fully saturated rings. The van der Waals surface area contributed by atoms with Crippen LogP contribution in [0.15, 0.2) is 18.2 Å². The number of nitrogen functional groups attached to an aromatic ring is 1. The summed E-state index contributed by atoms with van der Waals surface area (Å²) in [5.74, 6) is -0.574. The molecule has 1 rings (SSSR count). The Morgan fingerprint density at radius 2 is 1.88 bits per heavy atom. The zero-order valence-electron chi connectivity index (χ0n) is 9.05. The summed E-state index contributed by atoms with van der Waals surface area (Å²) in [6, 6.07) is 8.40. The molecule has 0 aromatic heterocycles. The van der Waals surface area contributed by atoms with Gasteiger partial charge in [-0.25, -0.2) is 0 Å². The van der Waals surface area contributed by atoms with Crippen molar-refractivity contribution in [3.8, 4) is 12.1 Å². The van der Waals surface area contributed by atoms with Crippen LogP contribution in [-0.2, 0) is 0 Å². The van der Waals surface area contributed by atoms with Crippen molar-refractivity contribution in [3.05, 3.63) is 23.8 Å². The number of amides is 1. The summed E-state index contributed by atoms with van der Waals surface area (Å²) in [7, 11) is 0. The van der Waals surface area contributed by atoms with Crippen LogP contribution in [0, 0.1) is 22.7 Å². The zero-order chi connectivity index (χ0) is 12.8. The van der Waals surface area contributed by atoms with E-state index in [0.29, 0.717) is 16.9 Å². The van der Waals surface area contributed by atoms with Gasteiger partial charge in [0, 0.05) is 5.56 Å². The van der Waals surface area contributed by atoms with E-state index in [1.54, 1.807) is 6.07 Å². The van der Waals surface area contributed by atoms with Gasteiger partial charge in [0.1, 0.15) is 13.1 Å². The first-order chi connectivity index (χ1) is 8.10. The lowest BCUT2D eigenvalue weighted by Gasteiger charge is -2.20. The van der Waals surface area contributed by atoms with Crippen LogP contribution in [0.25, 0.3) is 0 Å². The third-order valence-corrected chi connectivity index (χ3v) is 2.18. The van der Waals surface area contributed by atoms with E-state index in [1.807, 2.05) is 12.1 Å². The highest BCUT2D eigenvalue weighted by atomic mass is 16.1. The maximum Gasteiger partial charge on any atom is 0.248 e. The average Bonchev–Trinajstić information content (AvgIpc) is 2.28. The van der Waals surface area contributed by atoms with E-state index in [0.717, 1.165) is 0 Å². The van der Waals surface area contributed by atoms with E-state index in [1.165, 1.54) is 17.0 Å². The second-order valence-electron chi connectivity index (χ2n) is 3.31. The van der Waals surface area contributed by atoms with E-state index < -0.39 is 5.91 Å². The minimum Gasteiger partial charge on any atom is -0.397 e. The first-order valence-corrected chi connectivity index (χ1v) is 4.78. The van der Waals surface area contributed by atoms with Gasteiger partial charge in [-0.1, -0.05) is 0 Å². The largest absolute Gasteiger partial charge is 0.397 e. The lowest BCUT2D eigenvalue weighted by molar-refractivity contribution is 0.100. The fourth-order valence-electron chi connectivity index (χ4n) is 1.39. The zero-order valence-corrected chi connectivity index (χ0v) is 9.05. The van der Waals surface area contributed by atoms with E-state index in [-0.39, 0.29) is 13.1 Å². The third kappa shape index (κ3) is 2.86. The van der Waals surface area contributed by atoms with Gasteiger partial charge in [0.25, 0.3) is 0 Å². The Kier molecular flexibility index (Phi) is 3.91. The van der Waals surface area contributed by atoms with Crippen LogP contribution in [0.4, 0.5) is 11.4 Å². The number of benzene rings is 1. The van der Waals surface area contributed by atoms with Crippen LogP contribution < -0.4 is 16.4 Å². The maximum absolute atomic E-state index is 10.9. The standard InChI is InChI=1S/C11H11N5O/c12-3-5-16(6-4-13)10-2-1-8(11(15)17)7-9(10)14/h1-2,7H,5-6,14H2,(H2,15,17). The SMILES string of the molecule is N#CCN(CC#N)c1ccc(C(N)=O)cc1N. The van der Waals surface area contributed by atoms with E-state index in [2.05, 4.69) is 0 Å². The smallest absolute Gasteiger partial charge is 0.248 e. The van der Waals surface area contributed by atoms with Crippen LogP contribution in [0.3, 0.4) is 0 Å². The van der Waals surface area contributed by atoms with Gasteiger partial charge in [-0.05, 0) is 18.2 Å². The quantitative estimate of drug-likeness (QED) is 0.565. The normalized spacial score (nSPS) is 9.06. The Morgan fingerprint density at radius 1 is 1.29 bits per heavy atom. The molecule has 0 aliphatic carbocycles. The number of primary amides is 1. The van der Waals surface area contributed by atoms with Crippen molar-refractivity contribution in [1.29, 1.82) is 10.5 Å². The summed E-state index contributed by atoms with van der Waals surface area (Å²) in [5, 5.41) is 17.3. The van der Waals surface area contributed by atoms with Crippen molar-refractivity contribution >= 4 is 17.3 Å². The molecule has 0 saturated heterocycles.